The summed E-state index contributed by atoms with van der Waals surface area (Å²) in [6, 6.07) is 7.33. The number of para-hydroxylation sites is 2. The molecule has 0 bridgehead atoms. The number of nitrogens with one attached hydrogen (secondary N) is 1. The summed E-state index contributed by atoms with van der Waals surface area (Å²) in [4.78, 5) is 25.2. The molecule has 0 unspecified atom stereocenters. The van der Waals surface area contributed by atoms with Crippen LogP contribution < -0.4 is 10.2 Å². The van der Waals surface area contributed by atoms with Gasteiger partial charge in [-0.25, -0.2) is 0 Å². The summed E-state index contributed by atoms with van der Waals surface area (Å²) in [5, 5.41) is 2.74. The average molecular weight is 248 g/mol. The van der Waals surface area contributed by atoms with Gasteiger partial charge in [0.25, 0.3) is 0 Å². The molecule has 96 valence electrons. The maximum absolute atomic E-state index is 12.0. The predicted molar refractivity (Wildman–Crippen MR) is 68.5 cm³/mol. The lowest BCUT2D eigenvalue weighted by Gasteiger charge is -2.21. The van der Waals surface area contributed by atoms with Gasteiger partial charge in [0.2, 0.25) is 11.8 Å². The van der Waals surface area contributed by atoms with Crippen LogP contribution in [0.3, 0.4) is 0 Å². The van der Waals surface area contributed by atoms with Crippen LogP contribution in [0.2, 0.25) is 0 Å². The molecule has 1 aliphatic heterocycles. The number of methoxy groups -OCH3 is 1. The van der Waals surface area contributed by atoms with Crippen LogP contribution in [-0.2, 0) is 14.3 Å². The van der Waals surface area contributed by atoms with Gasteiger partial charge in [0, 0.05) is 20.3 Å². The van der Waals surface area contributed by atoms with Gasteiger partial charge in [-0.3, -0.25) is 9.59 Å². The molecule has 0 saturated carbocycles. The minimum Gasteiger partial charge on any atom is -0.385 e. The van der Waals surface area contributed by atoms with Crippen LogP contribution in [0.5, 0.6) is 0 Å². The Bertz CT molecular complexity index is 459. The minimum atomic E-state index is -0.262. The van der Waals surface area contributed by atoms with E-state index < -0.39 is 0 Å². The number of benzene rings is 1. The third-order valence-electron chi connectivity index (χ3n) is 2.81. The number of carbonyl (C=O) groups excluding carboxylic acids is 2. The molecule has 5 heteroatoms. The average Bonchev–Trinajstić information content (AvgIpc) is 2.46. The second-order valence-electron chi connectivity index (χ2n) is 4.13. The first kappa shape index (κ1) is 12.6. The third kappa shape index (κ3) is 2.68. The summed E-state index contributed by atoms with van der Waals surface area (Å²) in [6.07, 6.45) is 0.631. The monoisotopic (exact) mass is 248 g/mol. The Morgan fingerprint density at radius 2 is 2.11 bits per heavy atom. The van der Waals surface area contributed by atoms with E-state index in [4.69, 9.17) is 4.74 Å². The van der Waals surface area contributed by atoms with Gasteiger partial charge in [-0.1, -0.05) is 12.1 Å². The lowest BCUT2D eigenvalue weighted by molar-refractivity contribution is -0.124. The van der Waals surface area contributed by atoms with Crippen LogP contribution in [-0.4, -0.2) is 32.1 Å². The van der Waals surface area contributed by atoms with E-state index in [2.05, 4.69) is 5.32 Å². The highest BCUT2D eigenvalue weighted by Gasteiger charge is 2.25. The topological polar surface area (TPSA) is 58.6 Å². The van der Waals surface area contributed by atoms with Crippen molar-refractivity contribution >= 4 is 23.2 Å². The van der Waals surface area contributed by atoms with E-state index in [1.807, 2.05) is 18.2 Å². The van der Waals surface area contributed by atoms with Crippen molar-refractivity contribution in [2.75, 3.05) is 30.5 Å². The van der Waals surface area contributed by atoms with Crippen molar-refractivity contribution in [1.29, 1.82) is 0 Å². The molecule has 0 atom stereocenters. The van der Waals surface area contributed by atoms with E-state index in [0.29, 0.717) is 18.8 Å². The van der Waals surface area contributed by atoms with Gasteiger partial charge in [0.05, 0.1) is 11.4 Å². The molecule has 1 aromatic carbocycles. The fourth-order valence-corrected chi connectivity index (χ4v) is 1.99. The van der Waals surface area contributed by atoms with Gasteiger partial charge in [0.1, 0.15) is 6.42 Å². The Morgan fingerprint density at radius 1 is 1.33 bits per heavy atom. The number of ether oxygens (including phenoxy) is 1. The highest BCUT2D eigenvalue weighted by Crippen LogP contribution is 2.28. The zero-order valence-corrected chi connectivity index (χ0v) is 10.3. The van der Waals surface area contributed by atoms with Crippen LogP contribution >= 0.6 is 0 Å². The number of fused-ring (bicyclic) bond motifs is 1. The Morgan fingerprint density at radius 3 is 2.89 bits per heavy atom. The number of nitrogens with zero attached hydrogens (tertiary/aromatic N) is 1. The molecule has 0 radical (unpaired) electrons. The summed E-state index contributed by atoms with van der Waals surface area (Å²) in [6.45, 7) is 1.14. The molecule has 0 aromatic heterocycles. The Labute approximate surface area is 106 Å². The normalized spacial score (nSPS) is 15.1. The molecule has 0 spiro atoms. The first-order chi connectivity index (χ1) is 8.72. The minimum absolute atomic E-state index is 0.109. The first-order valence-corrected chi connectivity index (χ1v) is 5.90. The summed E-state index contributed by atoms with van der Waals surface area (Å²) in [7, 11) is 1.63. The fraction of sp³-hybridized carbons (Fsp3) is 0.385. The van der Waals surface area contributed by atoms with Crippen molar-refractivity contribution in [1.82, 2.24) is 0 Å². The highest BCUT2D eigenvalue weighted by molar-refractivity contribution is 6.14. The zero-order chi connectivity index (χ0) is 13.0. The van der Waals surface area contributed by atoms with Crippen LogP contribution in [0.1, 0.15) is 12.8 Å². The van der Waals surface area contributed by atoms with Crippen molar-refractivity contribution in [2.24, 2.45) is 0 Å². The van der Waals surface area contributed by atoms with Gasteiger partial charge in [-0.2, -0.15) is 0 Å². The third-order valence-corrected chi connectivity index (χ3v) is 2.81. The molecule has 2 amide bonds. The number of carbonyl (C=O) groups is 2. The summed E-state index contributed by atoms with van der Waals surface area (Å²) >= 11 is 0. The molecule has 1 N–H and O–H groups in total. The molecular weight excluding hydrogens is 232 g/mol. The van der Waals surface area contributed by atoms with Crippen molar-refractivity contribution in [3.8, 4) is 0 Å². The van der Waals surface area contributed by atoms with Gasteiger partial charge >= 0.3 is 0 Å². The van der Waals surface area contributed by atoms with Gasteiger partial charge in [0.15, 0.2) is 0 Å². The van der Waals surface area contributed by atoms with Crippen molar-refractivity contribution in [3.63, 3.8) is 0 Å². The fourth-order valence-electron chi connectivity index (χ4n) is 1.99. The van der Waals surface area contributed by atoms with Gasteiger partial charge in [-0.15, -0.1) is 0 Å². The summed E-state index contributed by atoms with van der Waals surface area (Å²) in [5.41, 5.74) is 1.44. The van der Waals surface area contributed by atoms with E-state index in [1.165, 1.54) is 0 Å². The van der Waals surface area contributed by atoms with Crippen LogP contribution in [0.4, 0.5) is 11.4 Å². The predicted octanol–water partition coefficient (Wildman–Crippen LogP) is 1.40. The molecule has 0 fully saturated rings. The number of anilines is 2. The zero-order valence-electron chi connectivity index (χ0n) is 10.3. The number of rotatable bonds is 4. The molecule has 1 aliphatic rings. The molecular formula is C13H16N2O3. The molecule has 0 aliphatic carbocycles. The number of hydrogen-bond acceptors (Lipinski definition) is 3. The highest BCUT2D eigenvalue weighted by atomic mass is 16.5. The molecule has 5 nitrogen and oxygen atoms in total. The quantitative estimate of drug-likeness (QED) is 0.647. The maximum atomic E-state index is 12.0. The molecule has 18 heavy (non-hydrogen) atoms. The largest absolute Gasteiger partial charge is 0.385 e. The molecule has 1 heterocycles. The smallest absolute Gasteiger partial charge is 0.236 e. The molecule has 1 aromatic rings. The Balaban J connectivity index is 2.25. The Kier molecular flexibility index (Phi) is 3.94. The number of amides is 2. The van der Waals surface area contributed by atoms with Crippen molar-refractivity contribution < 1.29 is 14.3 Å². The lowest BCUT2D eigenvalue weighted by Crippen LogP contribution is -2.32. The standard InChI is InChI=1S/C13H16N2O3/c1-18-8-4-7-15-11-6-3-2-5-10(11)14-12(16)9-13(15)17/h2-3,5-6H,4,7-9H2,1H3,(H,14,16). The van der Waals surface area contributed by atoms with Crippen molar-refractivity contribution in [3.05, 3.63) is 24.3 Å². The van der Waals surface area contributed by atoms with Crippen LogP contribution in [0.25, 0.3) is 0 Å². The van der Waals surface area contributed by atoms with E-state index in [9.17, 15) is 9.59 Å². The summed E-state index contributed by atoms with van der Waals surface area (Å²) in [5.74, 6) is -0.435. The maximum Gasteiger partial charge on any atom is 0.236 e. The second-order valence-corrected chi connectivity index (χ2v) is 4.13. The Hall–Kier alpha value is -1.88. The van der Waals surface area contributed by atoms with E-state index >= 15 is 0 Å². The van der Waals surface area contributed by atoms with Gasteiger partial charge < -0.3 is 15.0 Å². The lowest BCUT2D eigenvalue weighted by atomic mass is 10.2. The molecule has 2 rings (SSSR count). The van der Waals surface area contributed by atoms with Gasteiger partial charge in [-0.05, 0) is 18.6 Å². The number of hydrogen-bond donors (Lipinski definition) is 1. The first-order valence-electron chi connectivity index (χ1n) is 5.90. The SMILES string of the molecule is COCCCN1C(=O)CC(=O)Nc2ccccc21. The second kappa shape index (κ2) is 5.64. The van der Waals surface area contributed by atoms with Crippen LogP contribution in [0, 0.1) is 0 Å². The van der Waals surface area contributed by atoms with E-state index in [1.54, 1.807) is 18.1 Å². The van der Waals surface area contributed by atoms with Crippen LogP contribution in [0.15, 0.2) is 24.3 Å². The summed E-state index contributed by atoms with van der Waals surface area (Å²) < 4.78 is 4.99. The molecule has 0 saturated heterocycles. The van der Waals surface area contributed by atoms with E-state index in [0.717, 1.165) is 12.1 Å². The van der Waals surface area contributed by atoms with Crippen molar-refractivity contribution in [2.45, 2.75) is 12.8 Å². The van der Waals surface area contributed by atoms with E-state index in [-0.39, 0.29) is 18.2 Å².